The summed E-state index contributed by atoms with van der Waals surface area (Å²) in [6.07, 6.45) is 2.42. The predicted molar refractivity (Wildman–Crippen MR) is 79.1 cm³/mol. The van der Waals surface area contributed by atoms with E-state index in [1.54, 1.807) is 13.8 Å². The lowest BCUT2D eigenvalue weighted by atomic mass is 9.54. The molecule has 5 nitrogen and oxygen atoms in total. The Morgan fingerprint density at radius 3 is 2.55 bits per heavy atom. The molecule has 2 unspecified atom stereocenters. The van der Waals surface area contributed by atoms with E-state index >= 15 is 0 Å². The zero-order chi connectivity index (χ0) is 16.3. The summed E-state index contributed by atoms with van der Waals surface area (Å²) in [4.78, 5) is 24.1. The minimum Gasteiger partial charge on any atom is -0.457 e. The number of ether oxygens (including phenoxy) is 2. The van der Waals surface area contributed by atoms with Gasteiger partial charge < -0.3 is 14.6 Å². The fraction of sp³-hybridized carbons (Fsp3) is 0.882. The Labute approximate surface area is 131 Å². The van der Waals surface area contributed by atoms with Crippen LogP contribution in [0, 0.1) is 11.3 Å². The van der Waals surface area contributed by atoms with Crippen LogP contribution in [0.25, 0.3) is 0 Å². The fourth-order valence-electron chi connectivity index (χ4n) is 4.53. The van der Waals surface area contributed by atoms with Crippen LogP contribution in [0.5, 0.6) is 0 Å². The van der Waals surface area contributed by atoms with E-state index in [2.05, 4.69) is 6.92 Å². The number of esters is 1. The Morgan fingerprint density at radius 1 is 1.32 bits per heavy atom. The van der Waals surface area contributed by atoms with Crippen molar-refractivity contribution in [2.24, 2.45) is 11.3 Å². The molecule has 0 aromatic rings. The summed E-state index contributed by atoms with van der Waals surface area (Å²) >= 11 is 0. The minimum atomic E-state index is -1.10. The monoisotopic (exact) mass is 310 g/mol. The average Bonchev–Trinajstić information content (AvgIpc) is 3.01. The minimum absolute atomic E-state index is 0.0189. The smallest absolute Gasteiger partial charge is 0.341 e. The molecule has 0 amide bonds. The second-order valence-electron chi connectivity index (χ2n) is 7.99. The molecule has 3 rings (SSSR count). The lowest BCUT2D eigenvalue weighted by molar-refractivity contribution is -0.205. The summed E-state index contributed by atoms with van der Waals surface area (Å²) in [5, 5.41) is 11.1. The van der Waals surface area contributed by atoms with Gasteiger partial charge in [-0.05, 0) is 51.4 Å². The third-order valence-corrected chi connectivity index (χ3v) is 6.28. The number of hydrogen-bond acceptors (Lipinski definition) is 5. The molecule has 0 aromatic heterocycles. The predicted octanol–water partition coefficient (Wildman–Crippen LogP) is 2.00. The van der Waals surface area contributed by atoms with Crippen molar-refractivity contribution in [2.45, 2.75) is 83.2 Å². The number of rotatable bonds is 2. The highest BCUT2D eigenvalue weighted by Crippen LogP contribution is 2.54. The number of carbonyl (C=O) groups excluding carboxylic acids is 2. The molecule has 0 aromatic carbocycles. The molecule has 3 aliphatic rings. The van der Waals surface area contributed by atoms with Gasteiger partial charge in [0, 0.05) is 12.8 Å². The Balaban J connectivity index is 1.75. The van der Waals surface area contributed by atoms with Crippen molar-refractivity contribution < 1.29 is 24.2 Å². The van der Waals surface area contributed by atoms with Crippen LogP contribution < -0.4 is 0 Å². The van der Waals surface area contributed by atoms with Crippen LogP contribution in [0.4, 0.5) is 0 Å². The van der Waals surface area contributed by atoms with Crippen molar-refractivity contribution in [3.05, 3.63) is 0 Å². The van der Waals surface area contributed by atoms with Gasteiger partial charge in [-0.25, -0.2) is 4.79 Å². The van der Waals surface area contributed by atoms with Gasteiger partial charge in [-0.15, -0.1) is 0 Å². The largest absolute Gasteiger partial charge is 0.457 e. The van der Waals surface area contributed by atoms with Crippen LogP contribution in [0.1, 0.15) is 59.8 Å². The van der Waals surface area contributed by atoms with Gasteiger partial charge in [0.05, 0.1) is 6.10 Å². The van der Waals surface area contributed by atoms with Crippen LogP contribution in [-0.4, -0.2) is 40.3 Å². The number of Topliss-reactive ketones (excluding diaryl/α,β-unsaturated/α-hetero) is 1. The van der Waals surface area contributed by atoms with Crippen LogP contribution >= 0.6 is 0 Å². The van der Waals surface area contributed by atoms with Gasteiger partial charge in [0.15, 0.2) is 5.60 Å². The number of fused-ring (bicyclic) bond motifs is 1. The van der Waals surface area contributed by atoms with E-state index in [9.17, 15) is 14.7 Å². The van der Waals surface area contributed by atoms with Gasteiger partial charge in [0.25, 0.3) is 0 Å². The summed E-state index contributed by atoms with van der Waals surface area (Å²) in [5.41, 5.74) is -2.15. The summed E-state index contributed by atoms with van der Waals surface area (Å²) < 4.78 is 10.9. The van der Waals surface area contributed by atoms with E-state index in [4.69, 9.17) is 9.47 Å². The zero-order valence-electron chi connectivity index (χ0n) is 13.8. The molecule has 6 atom stereocenters. The third-order valence-electron chi connectivity index (χ3n) is 6.28. The SMILES string of the molecule is CC1OC1(C)C(=O)O[C@@H]1CC[C@]2(C)CC(=O)CC[C@H]2[C@]1(C)O. The molecular formula is C17H26O5. The van der Waals surface area contributed by atoms with E-state index in [0.717, 1.165) is 6.42 Å². The molecule has 1 aliphatic heterocycles. The van der Waals surface area contributed by atoms with Gasteiger partial charge in [0.1, 0.15) is 17.5 Å². The van der Waals surface area contributed by atoms with Crippen LogP contribution in [0.15, 0.2) is 0 Å². The molecule has 1 heterocycles. The molecule has 0 radical (unpaired) electrons. The van der Waals surface area contributed by atoms with Gasteiger partial charge >= 0.3 is 5.97 Å². The van der Waals surface area contributed by atoms with Crippen LogP contribution in [0.3, 0.4) is 0 Å². The number of aliphatic hydroxyl groups is 1. The highest BCUT2D eigenvalue weighted by atomic mass is 16.7. The van der Waals surface area contributed by atoms with Crippen molar-refractivity contribution in [2.75, 3.05) is 0 Å². The van der Waals surface area contributed by atoms with E-state index < -0.39 is 17.3 Å². The maximum Gasteiger partial charge on any atom is 0.341 e. The molecule has 2 aliphatic carbocycles. The van der Waals surface area contributed by atoms with E-state index in [-0.39, 0.29) is 29.2 Å². The second-order valence-corrected chi connectivity index (χ2v) is 7.99. The highest BCUT2D eigenvalue weighted by Gasteiger charge is 2.61. The quantitative estimate of drug-likeness (QED) is 0.623. The normalized spacial score (nSPS) is 51.1. The summed E-state index contributed by atoms with van der Waals surface area (Å²) in [6.45, 7) is 7.39. The van der Waals surface area contributed by atoms with Crippen LogP contribution in [0.2, 0.25) is 0 Å². The molecule has 0 bridgehead atoms. The van der Waals surface area contributed by atoms with Crippen molar-refractivity contribution in [1.82, 2.24) is 0 Å². The molecule has 124 valence electrons. The molecule has 2 saturated carbocycles. The first-order valence-electron chi connectivity index (χ1n) is 8.22. The number of hydrogen-bond donors (Lipinski definition) is 1. The number of ketones is 1. The lowest BCUT2D eigenvalue weighted by Gasteiger charge is -2.54. The van der Waals surface area contributed by atoms with Crippen LogP contribution in [-0.2, 0) is 19.1 Å². The maximum absolute atomic E-state index is 12.3. The van der Waals surface area contributed by atoms with Crippen molar-refractivity contribution in [3.8, 4) is 0 Å². The van der Waals surface area contributed by atoms with Gasteiger partial charge in [0.2, 0.25) is 0 Å². The molecular weight excluding hydrogens is 284 g/mol. The average molecular weight is 310 g/mol. The summed E-state index contributed by atoms with van der Waals surface area (Å²) in [5.74, 6) is -0.131. The lowest BCUT2D eigenvalue weighted by Crippen LogP contribution is -2.59. The molecule has 0 spiro atoms. The molecule has 22 heavy (non-hydrogen) atoms. The maximum atomic E-state index is 12.3. The third kappa shape index (κ3) is 2.29. The standard InChI is InChI=1S/C17H26O5/c1-10-17(4,22-10)14(19)21-13-7-8-15(2)9-11(18)5-6-12(15)16(13,3)20/h10,12-13,20H,5-9H2,1-4H3/t10?,12-,13-,15-,16+,17?/m1/s1. The highest BCUT2D eigenvalue weighted by molar-refractivity contribution is 5.83. The van der Waals surface area contributed by atoms with Gasteiger partial charge in [-0.2, -0.15) is 0 Å². The molecule has 1 N–H and O–H groups in total. The van der Waals surface area contributed by atoms with Crippen molar-refractivity contribution >= 4 is 11.8 Å². The number of carbonyl (C=O) groups is 2. The Morgan fingerprint density at radius 2 is 1.95 bits per heavy atom. The molecule has 3 fully saturated rings. The van der Waals surface area contributed by atoms with Gasteiger partial charge in [-0.3, -0.25) is 4.79 Å². The first-order chi connectivity index (χ1) is 10.1. The summed E-state index contributed by atoms with van der Waals surface area (Å²) in [7, 11) is 0. The fourth-order valence-corrected chi connectivity index (χ4v) is 4.53. The zero-order valence-corrected chi connectivity index (χ0v) is 13.8. The van der Waals surface area contributed by atoms with E-state index in [1.807, 2.05) is 6.92 Å². The topological polar surface area (TPSA) is 76.1 Å². The first-order valence-corrected chi connectivity index (χ1v) is 8.22. The van der Waals surface area contributed by atoms with E-state index in [1.165, 1.54) is 0 Å². The Hall–Kier alpha value is -0.940. The number of epoxide rings is 1. The molecule has 5 heteroatoms. The Kier molecular flexibility index (Phi) is 3.46. The van der Waals surface area contributed by atoms with Crippen molar-refractivity contribution in [1.29, 1.82) is 0 Å². The van der Waals surface area contributed by atoms with Crippen molar-refractivity contribution in [3.63, 3.8) is 0 Å². The second kappa shape index (κ2) is 4.78. The first kappa shape index (κ1) is 15.9. The molecule has 1 saturated heterocycles. The van der Waals surface area contributed by atoms with Gasteiger partial charge in [-0.1, -0.05) is 6.92 Å². The summed E-state index contributed by atoms with van der Waals surface area (Å²) in [6, 6.07) is 0. The Bertz CT molecular complexity index is 513. The van der Waals surface area contributed by atoms with E-state index in [0.29, 0.717) is 25.7 Å².